The summed E-state index contributed by atoms with van der Waals surface area (Å²) in [4.78, 5) is 11.2. The van der Waals surface area contributed by atoms with Gasteiger partial charge in [0.15, 0.2) is 0 Å². The third kappa shape index (κ3) is 4.30. The zero-order chi connectivity index (χ0) is 18.5. The first-order chi connectivity index (χ1) is 12.5. The fourth-order valence-electron chi connectivity index (χ4n) is 2.75. The second-order valence-electron chi connectivity index (χ2n) is 6.42. The fourth-order valence-corrected chi connectivity index (χ4v) is 2.75. The van der Waals surface area contributed by atoms with Crippen LogP contribution in [0.15, 0.2) is 54.6 Å². The van der Waals surface area contributed by atoms with Gasteiger partial charge in [0.05, 0.1) is 0 Å². The quantitative estimate of drug-likeness (QED) is 0.664. The van der Waals surface area contributed by atoms with Gasteiger partial charge in [0.25, 0.3) is 0 Å². The Morgan fingerprint density at radius 1 is 0.923 bits per heavy atom. The van der Waals surface area contributed by atoms with Crippen molar-refractivity contribution in [3.05, 3.63) is 65.9 Å². The number of aromatic nitrogens is 2. The highest BCUT2D eigenvalue weighted by Crippen LogP contribution is 2.23. The van der Waals surface area contributed by atoms with Crippen molar-refractivity contribution in [2.24, 2.45) is 0 Å². The second-order valence-corrected chi connectivity index (χ2v) is 6.42. The Kier molecular flexibility index (Phi) is 5.37. The number of hydrogen-bond acceptors (Lipinski definition) is 5. The van der Waals surface area contributed by atoms with E-state index >= 15 is 0 Å². The highest BCUT2D eigenvalue weighted by atomic mass is 15.1. The van der Waals surface area contributed by atoms with Crippen LogP contribution in [0, 0.1) is 6.92 Å². The number of aryl methyl sites for hydroxylation is 2. The minimum absolute atomic E-state index is 0.596. The Bertz CT molecular complexity index is 872. The maximum absolute atomic E-state index is 4.61. The van der Waals surface area contributed by atoms with Gasteiger partial charge in [-0.3, -0.25) is 0 Å². The minimum atomic E-state index is 0.596. The first kappa shape index (κ1) is 17.7. The lowest BCUT2D eigenvalue weighted by atomic mass is 10.1. The second kappa shape index (κ2) is 7.87. The van der Waals surface area contributed by atoms with E-state index in [0.29, 0.717) is 5.95 Å². The molecule has 0 aliphatic heterocycles. The highest BCUT2D eigenvalue weighted by Gasteiger charge is 2.06. The monoisotopic (exact) mass is 347 g/mol. The van der Waals surface area contributed by atoms with E-state index in [1.807, 2.05) is 51.4 Å². The first-order valence-electron chi connectivity index (χ1n) is 8.80. The Morgan fingerprint density at radius 3 is 2.35 bits per heavy atom. The lowest BCUT2D eigenvalue weighted by molar-refractivity contribution is 1.09. The molecule has 0 saturated heterocycles. The lowest BCUT2D eigenvalue weighted by Crippen LogP contribution is -2.08. The van der Waals surface area contributed by atoms with Crippen LogP contribution in [0.3, 0.4) is 0 Å². The molecule has 26 heavy (non-hydrogen) atoms. The lowest BCUT2D eigenvalue weighted by Gasteiger charge is -2.14. The molecule has 1 heterocycles. The minimum Gasteiger partial charge on any atom is -0.378 e. The predicted octanol–water partition coefficient (Wildman–Crippen LogP) is 4.90. The van der Waals surface area contributed by atoms with Gasteiger partial charge in [-0.15, -0.1) is 0 Å². The molecule has 3 rings (SSSR count). The van der Waals surface area contributed by atoms with Gasteiger partial charge in [0.1, 0.15) is 5.82 Å². The molecule has 3 aromatic rings. The van der Waals surface area contributed by atoms with Crippen LogP contribution in [-0.2, 0) is 6.42 Å². The van der Waals surface area contributed by atoms with E-state index in [2.05, 4.69) is 56.7 Å². The molecule has 134 valence electrons. The number of para-hydroxylation sites is 1. The van der Waals surface area contributed by atoms with E-state index in [4.69, 9.17) is 0 Å². The summed E-state index contributed by atoms with van der Waals surface area (Å²) in [6.07, 6.45) is 0.957. The van der Waals surface area contributed by atoms with Crippen LogP contribution >= 0.6 is 0 Å². The van der Waals surface area contributed by atoms with E-state index in [1.54, 1.807) is 0 Å². The molecule has 0 spiro atoms. The summed E-state index contributed by atoms with van der Waals surface area (Å²) in [7, 11) is 4.06. The Balaban J connectivity index is 1.81. The van der Waals surface area contributed by atoms with E-state index in [1.165, 1.54) is 5.56 Å². The van der Waals surface area contributed by atoms with Crippen molar-refractivity contribution in [3.8, 4) is 0 Å². The Labute approximate surface area is 155 Å². The Morgan fingerprint density at radius 2 is 1.65 bits per heavy atom. The predicted molar refractivity (Wildman–Crippen MR) is 110 cm³/mol. The molecule has 5 nitrogen and oxygen atoms in total. The van der Waals surface area contributed by atoms with Crippen molar-refractivity contribution < 1.29 is 0 Å². The average molecular weight is 347 g/mol. The normalized spacial score (nSPS) is 10.5. The van der Waals surface area contributed by atoms with Gasteiger partial charge in [-0.1, -0.05) is 25.1 Å². The average Bonchev–Trinajstić information content (AvgIpc) is 2.62. The van der Waals surface area contributed by atoms with Crippen molar-refractivity contribution in [1.82, 2.24) is 9.97 Å². The van der Waals surface area contributed by atoms with Gasteiger partial charge >= 0.3 is 0 Å². The number of anilines is 5. The zero-order valence-corrected chi connectivity index (χ0v) is 15.7. The maximum Gasteiger partial charge on any atom is 0.229 e. The summed E-state index contributed by atoms with van der Waals surface area (Å²) in [5, 5.41) is 6.70. The zero-order valence-electron chi connectivity index (χ0n) is 15.7. The maximum atomic E-state index is 4.61. The SMILES string of the molecule is CCc1ccccc1Nc1nc(C)cc(Nc2ccc(N(C)C)cc2)n1. The topological polar surface area (TPSA) is 53.1 Å². The number of hydrogen-bond donors (Lipinski definition) is 2. The molecule has 1 aromatic heterocycles. The Hall–Kier alpha value is -3.08. The van der Waals surface area contributed by atoms with Crippen molar-refractivity contribution in [3.63, 3.8) is 0 Å². The fraction of sp³-hybridized carbons (Fsp3) is 0.238. The van der Waals surface area contributed by atoms with Crippen molar-refractivity contribution in [2.45, 2.75) is 20.3 Å². The van der Waals surface area contributed by atoms with Crippen molar-refractivity contribution >= 4 is 28.8 Å². The van der Waals surface area contributed by atoms with Crippen LogP contribution in [0.5, 0.6) is 0 Å². The molecule has 0 aliphatic carbocycles. The van der Waals surface area contributed by atoms with Crippen LogP contribution in [-0.4, -0.2) is 24.1 Å². The van der Waals surface area contributed by atoms with E-state index < -0.39 is 0 Å². The number of nitrogens with one attached hydrogen (secondary N) is 2. The van der Waals surface area contributed by atoms with Gasteiger partial charge in [0, 0.05) is 42.9 Å². The standard InChI is InChI=1S/C21H25N5/c1-5-16-8-6-7-9-19(16)24-21-22-15(2)14-20(25-21)23-17-10-12-18(13-11-17)26(3)4/h6-14H,5H2,1-4H3,(H2,22,23,24,25). The van der Waals surface area contributed by atoms with E-state index in [-0.39, 0.29) is 0 Å². The molecular weight excluding hydrogens is 322 g/mol. The van der Waals surface area contributed by atoms with Gasteiger partial charge < -0.3 is 15.5 Å². The summed E-state index contributed by atoms with van der Waals surface area (Å²) < 4.78 is 0. The molecule has 0 bridgehead atoms. The molecule has 0 atom stereocenters. The molecule has 0 radical (unpaired) electrons. The van der Waals surface area contributed by atoms with E-state index in [0.717, 1.165) is 35.0 Å². The van der Waals surface area contributed by atoms with Crippen LogP contribution in [0.4, 0.5) is 28.8 Å². The smallest absolute Gasteiger partial charge is 0.229 e. The summed E-state index contributed by atoms with van der Waals surface area (Å²) in [6.45, 7) is 4.11. The van der Waals surface area contributed by atoms with Crippen molar-refractivity contribution in [2.75, 3.05) is 29.6 Å². The molecule has 0 saturated carbocycles. The van der Waals surface area contributed by atoms with Crippen molar-refractivity contribution in [1.29, 1.82) is 0 Å². The molecule has 0 fully saturated rings. The molecule has 0 amide bonds. The summed E-state index contributed by atoms with van der Waals surface area (Å²) in [6, 6.07) is 18.4. The number of nitrogens with zero attached hydrogens (tertiary/aromatic N) is 3. The molecule has 0 aliphatic rings. The van der Waals surface area contributed by atoms with Gasteiger partial charge in [-0.05, 0) is 49.2 Å². The highest BCUT2D eigenvalue weighted by molar-refractivity contribution is 5.63. The summed E-state index contributed by atoms with van der Waals surface area (Å²) >= 11 is 0. The summed E-state index contributed by atoms with van der Waals surface area (Å²) in [5.41, 5.74) is 5.35. The number of benzene rings is 2. The van der Waals surface area contributed by atoms with Gasteiger partial charge in [0.2, 0.25) is 5.95 Å². The van der Waals surface area contributed by atoms with E-state index in [9.17, 15) is 0 Å². The third-order valence-electron chi connectivity index (χ3n) is 4.16. The summed E-state index contributed by atoms with van der Waals surface area (Å²) in [5.74, 6) is 1.37. The van der Waals surface area contributed by atoms with Crippen LogP contribution in [0.25, 0.3) is 0 Å². The number of rotatable bonds is 6. The van der Waals surface area contributed by atoms with Gasteiger partial charge in [-0.25, -0.2) is 4.98 Å². The molecule has 5 heteroatoms. The molecule has 2 N–H and O–H groups in total. The first-order valence-corrected chi connectivity index (χ1v) is 8.80. The van der Waals surface area contributed by atoms with Crippen LogP contribution in [0.1, 0.15) is 18.2 Å². The third-order valence-corrected chi connectivity index (χ3v) is 4.16. The van der Waals surface area contributed by atoms with Crippen LogP contribution < -0.4 is 15.5 Å². The van der Waals surface area contributed by atoms with Crippen LogP contribution in [0.2, 0.25) is 0 Å². The molecule has 2 aromatic carbocycles. The molecular formula is C21H25N5. The van der Waals surface area contributed by atoms with Gasteiger partial charge in [-0.2, -0.15) is 4.98 Å². The molecule has 0 unspecified atom stereocenters. The largest absolute Gasteiger partial charge is 0.378 e.